The highest BCUT2D eigenvalue weighted by Crippen LogP contribution is 2.07. The van der Waals surface area contributed by atoms with Crippen molar-refractivity contribution in [3.05, 3.63) is 42.3 Å². The van der Waals surface area contributed by atoms with Gasteiger partial charge >= 0.3 is 0 Å². The highest BCUT2D eigenvalue weighted by atomic mass is 16.5. The molecular formula is C12H17O. The number of hydrogen-bond acceptors (Lipinski definition) is 1. The Morgan fingerprint density at radius 3 is 2.85 bits per heavy atom. The van der Waals surface area contributed by atoms with Crippen LogP contribution in [0.15, 0.2) is 24.3 Å². The van der Waals surface area contributed by atoms with Crippen LogP contribution < -0.4 is 0 Å². The SMILES string of the molecule is [CH2]C(CC)OCc1cccc(C)c1. The molecule has 1 rings (SSSR count). The molecule has 13 heavy (non-hydrogen) atoms. The Kier molecular flexibility index (Phi) is 3.97. The van der Waals surface area contributed by atoms with Crippen molar-refractivity contribution < 1.29 is 4.74 Å². The quantitative estimate of drug-likeness (QED) is 0.686. The Bertz CT molecular complexity index is 255. The second kappa shape index (κ2) is 5.03. The molecule has 1 aromatic carbocycles. The van der Waals surface area contributed by atoms with E-state index in [4.69, 9.17) is 4.74 Å². The summed E-state index contributed by atoms with van der Waals surface area (Å²) in [6.45, 7) is 8.71. The highest BCUT2D eigenvalue weighted by Gasteiger charge is 1.99. The van der Waals surface area contributed by atoms with Gasteiger partial charge in [-0.2, -0.15) is 0 Å². The van der Waals surface area contributed by atoms with Gasteiger partial charge in [-0.15, -0.1) is 0 Å². The predicted octanol–water partition coefficient (Wildman–Crippen LogP) is 3.12. The summed E-state index contributed by atoms with van der Waals surface area (Å²) in [5.74, 6) is 0. The molecule has 0 saturated heterocycles. The average molecular weight is 177 g/mol. The number of benzene rings is 1. The van der Waals surface area contributed by atoms with Crippen LogP contribution in [-0.2, 0) is 11.3 Å². The molecule has 1 aromatic rings. The lowest BCUT2D eigenvalue weighted by Gasteiger charge is -2.10. The van der Waals surface area contributed by atoms with E-state index in [-0.39, 0.29) is 6.10 Å². The smallest absolute Gasteiger partial charge is 0.0720 e. The van der Waals surface area contributed by atoms with E-state index in [1.165, 1.54) is 11.1 Å². The van der Waals surface area contributed by atoms with E-state index in [9.17, 15) is 0 Å². The van der Waals surface area contributed by atoms with E-state index in [2.05, 4.69) is 45.0 Å². The molecule has 0 amide bonds. The summed E-state index contributed by atoms with van der Waals surface area (Å²) in [7, 11) is 0. The molecule has 0 aliphatic rings. The third-order valence-electron chi connectivity index (χ3n) is 2.02. The van der Waals surface area contributed by atoms with Gasteiger partial charge in [-0.25, -0.2) is 0 Å². The maximum Gasteiger partial charge on any atom is 0.0720 e. The molecule has 0 aliphatic carbocycles. The second-order valence-electron chi connectivity index (χ2n) is 3.33. The first-order chi connectivity index (χ1) is 6.22. The number of rotatable bonds is 4. The van der Waals surface area contributed by atoms with Crippen molar-refractivity contribution >= 4 is 0 Å². The van der Waals surface area contributed by atoms with Crippen LogP contribution >= 0.6 is 0 Å². The fraction of sp³-hybridized carbons (Fsp3) is 0.417. The monoisotopic (exact) mass is 177 g/mol. The molecule has 1 nitrogen and oxygen atoms in total. The minimum Gasteiger partial charge on any atom is -0.374 e. The first-order valence-corrected chi connectivity index (χ1v) is 4.72. The summed E-state index contributed by atoms with van der Waals surface area (Å²) in [5, 5.41) is 0. The van der Waals surface area contributed by atoms with Crippen molar-refractivity contribution in [1.82, 2.24) is 0 Å². The summed E-state index contributed by atoms with van der Waals surface area (Å²) in [5.41, 5.74) is 2.50. The van der Waals surface area contributed by atoms with Gasteiger partial charge in [0, 0.05) is 0 Å². The molecule has 0 aliphatic heterocycles. The Labute approximate surface area is 80.7 Å². The van der Waals surface area contributed by atoms with Crippen molar-refractivity contribution in [2.75, 3.05) is 0 Å². The Balaban J connectivity index is 2.45. The third-order valence-corrected chi connectivity index (χ3v) is 2.02. The fourth-order valence-electron chi connectivity index (χ4n) is 1.13. The lowest BCUT2D eigenvalue weighted by Crippen LogP contribution is -2.06. The van der Waals surface area contributed by atoms with Gasteiger partial charge in [0.25, 0.3) is 0 Å². The topological polar surface area (TPSA) is 9.23 Å². The van der Waals surface area contributed by atoms with Gasteiger partial charge < -0.3 is 4.74 Å². The number of ether oxygens (including phenoxy) is 1. The van der Waals surface area contributed by atoms with Crippen molar-refractivity contribution in [1.29, 1.82) is 0 Å². The molecule has 0 fully saturated rings. The van der Waals surface area contributed by atoms with E-state index in [1.54, 1.807) is 0 Å². The summed E-state index contributed by atoms with van der Waals surface area (Å²) in [4.78, 5) is 0. The lowest BCUT2D eigenvalue weighted by atomic mass is 10.1. The summed E-state index contributed by atoms with van der Waals surface area (Å²) < 4.78 is 5.52. The van der Waals surface area contributed by atoms with Gasteiger partial charge in [0.1, 0.15) is 0 Å². The zero-order chi connectivity index (χ0) is 9.68. The molecule has 1 heteroatoms. The molecule has 0 spiro atoms. The Morgan fingerprint density at radius 2 is 2.23 bits per heavy atom. The molecule has 1 atom stereocenters. The van der Waals surface area contributed by atoms with Gasteiger partial charge in [-0.05, 0) is 25.8 Å². The van der Waals surface area contributed by atoms with Crippen LogP contribution in [0.4, 0.5) is 0 Å². The van der Waals surface area contributed by atoms with Crippen LogP contribution in [0.25, 0.3) is 0 Å². The lowest BCUT2D eigenvalue weighted by molar-refractivity contribution is 0.0678. The first kappa shape index (κ1) is 10.3. The van der Waals surface area contributed by atoms with Crippen LogP contribution in [-0.4, -0.2) is 6.10 Å². The molecule has 0 aromatic heterocycles. The highest BCUT2D eigenvalue weighted by molar-refractivity contribution is 5.21. The normalized spacial score (nSPS) is 12.8. The maximum atomic E-state index is 5.52. The molecule has 0 saturated carbocycles. The van der Waals surface area contributed by atoms with E-state index in [0.717, 1.165) is 6.42 Å². The van der Waals surface area contributed by atoms with Crippen LogP contribution in [0.3, 0.4) is 0 Å². The zero-order valence-electron chi connectivity index (χ0n) is 8.42. The fourth-order valence-corrected chi connectivity index (χ4v) is 1.13. The van der Waals surface area contributed by atoms with Crippen molar-refractivity contribution in [3.63, 3.8) is 0 Å². The van der Waals surface area contributed by atoms with E-state index in [1.807, 2.05) is 0 Å². The zero-order valence-corrected chi connectivity index (χ0v) is 8.42. The number of aryl methyl sites for hydroxylation is 1. The minimum absolute atomic E-state index is 0.112. The van der Waals surface area contributed by atoms with Crippen LogP contribution in [0, 0.1) is 13.8 Å². The average Bonchev–Trinajstić information content (AvgIpc) is 2.14. The van der Waals surface area contributed by atoms with Crippen LogP contribution in [0.5, 0.6) is 0 Å². The van der Waals surface area contributed by atoms with Crippen molar-refractivity contribution in [2.24, 2.45) is 0 Å². The predicted molar refractivity (Wildman–Crippen MR) is 55.4 cm³/mol. The number of hydrogen-bond donors (Lipinski definition) is 0. The third kappa shape index (κ3) is 3.60. The first-order valence-electron chi connectivity index (χ1n) is 4.72. The summed E-state index contributed by atoms with van der Waals surface area (Å²) in [6, 6.07) is 8.36. The second-order valence-corrected chi connectivity index (χ2v) is 3.33. The van der Waals surface area contributed by atoms with E-state index >= 15 is 0 Å². The molecule has 1 unspecified atom stereocenters. The minimum atomic E-state index is 0.112. The van der Waals surface area contributed by atoms with Crippen LogP contribution in [0.1, 0.15) is 24.5 Å². The maximum absolute atomic E-state index is 5.52. The van der Waals surface area contributed by atoms with Gasteiger partial charge in [-0.1, -0.05) is 36.8 Å². The van der Waals surface area contributed by atoms with Gasteiger partial charge in [0.15, 0.2) is 0 Å². The van der Waals surface area contributed by atoms with E-state index in [0.29, 0.717) is 6.61 Å². The molecule has 71 valence electrons. The molecule has 0 N–H and O–H groups in total. The van der Waals surface area contributed by atoms with Gasteiger partial charge in [-0.3, -0.25) is 0 Å². The van der Waals surface area contributed by atoms with Gasteiger partial charge in [0.2, 0.25) is 0 Å². The van der Waals surface area contributed by atoms with Crippen LogP contribution in [0.2, 0.25) is 0 Å². The van der Waals surface area contributed by atoms with E-state index < -0.39 is 0 Å². The van der Waals surface area contributed by atoms with Crippen molar-refractivity contribution in [2.45, 2.75) is 33.0 Å². The summed E-state index contributed by atoms with van der Waals surface area (Å²) >= 11 is 0. The summed E-state index contributed by atoms with van der Waals surface area (Å²) in [6.07, 6.45) is 1.08. The Hall–Kier alpha value is -0.820. The molecule has 0 heterocycles. The Morgan fingerprint density at radius 1 is 1.46 bits per heavy atom. The van der Waals surface area contributed by atoms with Gasteiger partial charge in [0.05, 0.1) is 12.7 Å². The largest absolute Gasteiger partial charge is 0.374 e. The molecule has 1 radical (unpaired) electrons. The van der Waals surface area contributed by atoms with Crippen molar-refractivity contribution in [3.8, 4) is 0 Å². The molecular weight excluding hydrogens is 160 g/mol. The standard InChI is InChI=1S/C12H17O/c1-4-11(3)13-9-12-7-5-6-10(2)8-12/h5-8,11H,3-4,9H2,1-2H3. The molecule has 0 bridgehead atoms.